The Bertz CT molecular complexity index is 465. The molecule has 0 aliphatic carbocycles. The van der Waals surface area contributed by atoms with E-state index in [-0.39, 0.29) is 11.1 Å². The maximum atomic E-state index is 11.6. The summed E-state index contributed by atoms with van der Waals surface area (Å²) in [4.78, 5) is 13.7. The molecule has 15 heavy (non-hydrogen) atoms. The van der Waals surface area contributed by atoms with Crippen LogP contribution in [0.25, 0.3) is 0 Å². The number of aryl methyl sites for hydroxylation is 1. The standard InChI is InChI=1S/C10H12N4O/c1-13-10(15)8(6-11)9(7-12-13)14-4-2-3-5-14/h7H,2-5H2,1H3. The van der Waals surface area contributed by atoms with Crippen molar-refractivity contribution < 1.29 is 0 Å². The average molecular weight is 204 g/mol. The number of nitriles is 1. The first-order valence-corrected chi connectivity index (χ1v) is 4.95. The Labute approximate surface area is 87.5 Å². The van der Waals surface area contributed by atoms with Crippen LogP contribution in [0.3, 0.4) is 0 Å². The maximum Gasteiger partial charge on any atom is 0.286 e. The van der Waals surface area contributed by atoms with Crippen LogP contribution in [-0.2, 0) is 7.05 Å². The number of rotatable bonds is 1. The predicted octanol–water partition coefficient (Wildman–Crippen LogP) is 0.252. The highest BCUT2D eigenvalue weighted by Crippen LogP contribution is 2.20. The first-order valence-electron chi connectivity index (χ1n) is 4.95. The van der Waals surface area contributed by atoms with Gasteiger partial charge < -0.3 is 4.90 Å². The van der Waals surface area contributed by atoms with Gasteiger partial charge >= 0.3 is 0 Å². The quantitative estimate of drug-likeness (QED) is 0.658. The molecule has 0 spiro atoms. The van der Waals surface area contributed by atoms with Crippen LogP contribution in [0, 0.1) is 11.3 Å². The van der Waals surface area contributed by atoms with Crippen LogP contribution < -0.4 is 10.5 Å². The van der Waals surface area contributed by atoms with E-state index in [1.54, 1.807) is 13.2 Å². The highest BCUT2D eigenvalue weighted by Gasteiger charge is 2.18. The summed E-state index contributed by atoms with van der Waals surface area (Å²) in [6, 6.07) is 1.97. The van der Waals surface area contributed by atoms with Gasteiger partial charge in [-0.2, -0.15) is 10.4 Å². The van der Waals surface area contributed by atoms with Crippen LogP contribution in [0.15, 0.2) is 11.0 Å². The number of nitrogens with zero attached hydrogens (tertiary/aromatic N) is 4. The lowest BCUT2D eigenvalue weighted by Crippen LogP contribution is -2.28. The third-order valence-corrected chi connectivity index (χ3v) is 2.68. The highest BCUT2D eigenvalue weighted by atomic mass is 16.1. The Morgan fingerprint density at radius 3 is 2.73 bits per heavy atom. The zero-order valence-corrected chi connectivity index (χ0v) is 8.60. The van der Waals surface area contributed by atoms with Crippen molar-refractivity contribution in [1.29, 1.82) is 5.26 Å². The number of hydrogen-bond acceptors (Lipinski definition) is 4. The highest BCUT2D eigenvalue weighted by molar-refractivity contribution is 5.57. The molecule has 0 aromatic carbocycles. The van der Waals surface area contributed by atoms with Gasteiger partial charge in [0.05, 0.1) is 11.9 Å². The van der Waals surface area contributed by atoms with Gasteiger partial charge in [-0.1, -0.05) is 0 Å². The van der Waals surface area contributed by atoms with E-state index >= 15 is 0 Å². The van der Waals surface area contributed by atoms with Crippen molar-refractivity contribution in [3.05, 3.63) is 22.1 Å². The number of aromatic nitrogens is 2. The summed E-state index contributed by atoms with van der Waals surface area (Å²) in [6.45, 7) is 1.81. The second-order valence-corrected chi connectivity index (χ2v) is 3.64. The molecule has 0 bridgehead atoms. The van der Waals surface area contributed by atoms with Gasteiger partial charge in [-0.3, -0.25) is 4.79 Å². The van der Waals surface area contributed by atoms with Crippen LogP contribution in [0.5, 0.6) is 0 Å². The second-order valence-electron chi connectivity index (χ2n) is 3.64. The third kappa shape index (κ3) is 1.59. The lowest BCUT2D eigenvalue weighted by Gasteiger charge is -2.17. The molecular formula is C10H12N4O. The van der Waals surface area contributed by atoms with Gasteiger partial charge in [-0.25, -0.2) is 4.68 Å². The molecule has 0 radical (unpaired) electrons. The van der Waals surface area contributed by atoms with E-state index in [0.29, 0.717) is 5.69 Å². The Hall–Kier alpha value is -1.83. The van der Waals surface area contributed by atoms with Crippen LogP contribution >= 0.6 is 0 Å². The molecule has 1 aromatic rings. The van der Waals surface area contributed by atoms with E-state index in [1.165, 1.54) is 4.68 Å². The van der Waals surface area contributed by atoms with Gasteiger partial charge in [-0.05, 0) is 12.8 Å². The smallest absolute Gasteiger partial charge is 0.286 e. The summed E-state index contributed by atoms with van der Waals surface area (Å²) in [5.74, 6) is 0. The summed E-state index contributed by atoms with van der Waals surface area (Å²) in [6.07, 6.45) is 3.82. The summed E-state index contributed by atoms with van der Waals surface area (Å²) in [7, 11) is 1.55. The summed E-state index contributed by atoms with van der Waals surface area (Å²) in [5.41, 5.74) is 0.564. The van der Waals surface area contributed by atoms with E-state index in [1.807, 2.05) is 11.0 Å². The van der Waals surface area contributed by atoms with Crippen molar-refractivity contribution in [2.75, 3.05) is 18.0 Å². The molecule has 2 heterocycles. The van der Waals surface area contributed by atoms with Crippen LogP contribution in [0.4, 0.5) is 5.69 Å². The molecule has 1 aromatic heterocycles. The van der Waals surface area contributed by atoms with E-state index in [4.69, 9.17) is 5.26 Å². The molecule has 78 valence electrons. The van der Waals surface area contributed by atoms with Crippen molar-refractivity contribution in [2.45, 2.75) is 12.8 Å². The van der Waals surface area contributed by atoms with Crippen LogP contribution in [-0.4, -0.2) is 22.9 Å². The molecule has 0 amide bonds. The van der Waals surface area contributed by atoms with Gasteiger partial charge in [0.2, 0.25) is 0 Å². The molecule has 2 rings (SSSR count). The predicted molar refractivity (Wildman–Crippen MR) is 55.6 cm³/mol. The minimum atomic E-state index is -0.318. The Balaban J connectivity index is 2.52. The second kappa shape index (κ2) is 3.73. The molecule has 1 fully saturated rings. The molecule has 1 aliphatic heterocycles. The van der Waals surface area contributed by atoms with E-state index in [9.17, 15) is 4.79 Å². The molecule has 5 nitrogen and oxygen atoms in total. The molecule has 0 saturated carbocycles. The number of anilines is 1. The zero-order valence-electron chi connectivity index (χ0n) is 8.60. The first-order chi connectivity index (χ1) is 7.24. The Kier molecular flexibility index (Phi) is 2.42. The lowest BCUT2D eigenvalue weighted by molar-refractivity contribution is 0.701. The van der Waals surface area contributed by atoms with Crippen molar-refractivity contribution in [1.82, 2.24) is 9.78 Å². The summed E-state index contributed by atoms with van der Waals surface area (Å²) >= 11 is 0. The fraction of sp³-hybridized carbons (Fsp3) is 0.500. The molecule has 5 heteroatoms. The van der Waals surface area contributed by atoms with Crippen molar-refractivity contribution in [3.8, 4) is 6.07 Å². The average Bonchev–Trinajstić information content (AvgIpc) is 2.75. The summed E-state index contributed by atoms with van der Waals surface area (Å²) in [5, 5.41) is 12.9. The van der Waals surface area contributed by atoms with Gasteiger partial charge in [-0.15, -0.1) is 0 Å². The monoisotopic (exact) mass is 204 g/mol. The van der Waals surface area contributed by atoms with E-state index in [2.05, 4.69) is 5.10 Å². The fourth-order valence-electron chi connectivity index (χ4n) is 1.83. The van der Waals surface area contributed by atoms with Gasteiger partial charge in [0, 0.05) is 20.1 Å². The molecule has 1 saturated heterocycles. The van der Waals surface area contributed by atoms with Crippen molar-refractivity contribution >= 4 is 5.69 Å². The first kappa shape index (κ1) is 9.71. The molecule has 0 atom stereocenters. The van der Waals surface area contributed by atoms with Gasteiger partial charge in [0.15, 0.2) is 0 Å². The lowest BCUT2D eigenvalue weighted by atomic mass is 10.2. The van der Waals surface area contributed by atoms with E-state index in [0.717, 1.165) is 25.9 Å². The molecular weight excluding hydrogens is 192 g/mol. The Morgan fingerprint density at radius 2 is 2.13 bits per heavy atom. The van der Waals surface area contributed by atoms with E-state index < -0.39 is 0 Å². The largest absolute Gasteiger partial charge is 0.369 e. The molecule has 0 N–H and O–H groups in total. The third-order valence-electron chi connectivity index (χ3n) is 2.68. The van der Waals surface area contributed by atoms with Crippen LogP contribution in [0.2, 0.25) is 0 Å². The SMILES string of the molecule is Cn1ncc(N2CCCC2)c(C#N)c1=O. The minimum Gasteiger partial charge on any atom is -0.369 e. The Morgan fingerprint density at radius 1 is 1.47 bits per heavy atom. The summed E-state index contributed by atoms with van der Waals surface area (Å²) < 4.78 is 1.19. The zero-order chi connectivity index (χ0) is 10.8. The molecule has 0 unspecified atom stereocenters. The van der Waals surface area contributed by atoms with Crippen molar-refractivity contribution in [2.24, 2.45) is 7.05 Å². The number of hydrogen-bond donors (Lipinski definition) is 0. The maximum absolute atomic E-state index is 11.6. The van der Waals surface area contributed by atoms with Crippen molar-refractivity contribution in [3.63, 3.8) is 0 Å². The van der Waals surface area contributed by atoms with Crippen LogP contribution in [0.1, 0.15) is 18.4 Å². The fourth-order valence-corrected chi connectivity index (χ4v) is 1.83. The van der Waals surface area contributed by atoms with Gasteiger partial charge in [0.1, 0.15) is 11.6 Å². The minimum absolute atomic E-state index is 0.203. The topological polar surface area (TPSA) is 61.9 Å². The molecule has 1 aliphatic rings. The normalized spacial score (nSPS) is 15.3. The van der Waals surface area contributed by atoms with Gasteiger partial charge in [0.25, 0.3) is 5.56 Å².